The van der Waals surface area contributed by atoms with E-state index in [9.17, 15) is 4.79 Å². The van der Waals surface area contributed by atoms with Crippen molar-refractivity contribution in [3.8, 4) is 0 Å². The third kappa shape index (κ3) is 2.10. The van der Waals surface area contributed by atoms with Crippen molar-refractivity contribution in [2.75, 3.05) is 0 Å². The van der Waals surface area contributed by atoms with Gasteiger partial charge in [-0.1, -0.05) is 26.3 Å². The molecule has 2 nitrogen and oxygen atoms in total. The average molecular weight is 250 g/mol. The Bertz CT molecular complexity index is 345. The highest BCUT2D eigenvalue weighted by Gasteiger charge is 2.52. The Morgan fingerprint density at radius 1 is 1.44 bits per heavy atom. The van der Waals surface area contributed by atoms with Crippen molar-refractivity contribution in [2.45, 2.75) is 64.9 Å². The van der Waals surface area contributed by atoms with Crippen LogP contribution in [0.15, 0.2) is 12.7 Å². The minimum Gasteiger partial charge on any atom is -0.454 e. The molecule has 0 heterocycles. The Labute approximate surface area is 111 Å². The maximum Gasteiger partial charge on any atom is 0.312 e. The van der Waals surface area contributed by atoms with E-state index >= 15 is 0 Å². The highest BCUT2D eigenvalue weighted by molar-refractivity contribution is 5.76. The lowest BCUT2D eigenvalue weighted by Gasteiger charge is -2.35. The molecular weight excluding hydrogens is 224 g/mol. The van der Waals surface area contributed by atoms with Gasteiger partial charge in [0.2, 0.25) is 0 Å². The SMILES string of the molecule is C=CC1(OC(=O)C(C)(C)CC)CCC2CCCC21. The van der Waals surface area contributed by atoms with Crippen LogP contribution in [0.1, 0.15) is 59.3 Å². The zero-order valence-electron chi connectivity index (χ0n) is 12.0. The molecule has 2 heteroatoms. The highest BCUT2D eigenvalue weighted by atomic mass is 16.6. The lowest BCUT2D eigenvalue weighted by Crippen LogP contribution is -2.41. The molecule has 0 bridgehead atoms. The van der Waals surface area contributed by atoms with Gasteiger partial charge in [0, 0.05) is 5.92 Å². The lowest BCUT2D eigenvalue weighted by atomic mass is 9.85. The van der Waals surface area contributed by atoms with E-state index in [0.717, 1.165) is 18.8 Å². The van der Waals surface area contributed by atoms with Gasteiger partial charge in [-0.3, -0.25) is 4.79 Å². The fourth-order valence-electron chi connectivity index (χ4n) is 3.50. The first-order chi connectivity index (χ1) is 8.45. The second-order valence-corrected chi connectivity index (χ2v) is 6.62. The molecule has 0 aromatic heterocycles. The summed E-state index contributed by atoms with van der Waals surface area (Å²) in [4.78, 5) is 12.3. The summed E-state index contributed by atoms with van der Waals surface area (Å²) in [5, 5.41) is 0. The first kappa shape index (κ1) is 13.6. The molecule has 2 fully saturated rings. The van der Waals surface area contributed by atoms with E-state index < -0.39 is 0 Å². The summed E-state index contributed by atoms with van der Waals surface area (Å²) in [5.74, 6) is 1.21. The van der Waals surface area contributed by atoms with Crippen LogP contribution in [0.3, 0.4) is 0 Å². The fraction of sp³-hybridized carbons (Fsp3) is 0.812. The average Bonchev–Trinajstić information content (AvgIpc) is 2.93. The summed E-state index contributed by atoms with van der Waals surface area (Å²) < 4.78 is 5.96. The molecule has 0 radical (unpaired) electrons. The normalized spacial score (nSPS) is 35.3. The minimum absolute atomic E-state index is 0.0579. The van der Waals surface area contributed by atoms with Crippen LogP contribution in [-0.2, 0) is 9.53 Å². The molecule has 2 saturated carbocycles. The van der Waals surface area contributed by atoms with E-state index in [1.807, 2.05) is 26.8 Å². The standard InChI is InChI=1S/C16H26O2/c1-5-15(3,4)14(17)18-16(6-2)11-10-12-8-7-9-13(12)16/h6,12-13H,2,5,7-11H2,1,3-4H3. The Hall–Kier alpha value is -0.790. The number of hydrogen-bond donors (Lipinski definition) is 0. The molecule has 102 valence electrons. The summed E-state index contributed by atoms with van der Waals surface area (Å²) in [6.45, 7) is 9.93. The molecule has 2 aliphatic carbocycles. The van der Waals surface area contributed by atoms with E-state index in [4.69, 9.17) is 4.74 Å². The van der Waals surface area contributed by atoms with Gasteiger partial charge in [0.25, 0.3) is 0 Å². The molecule has 18 heavy (non-hydrogen) atoms. The molecule has 0 aromatic rings. The van der Waals surface area contributed by atoms with Crippen LogP contribution in [0.25, 0.3) is 0 Å². The molecule has 0 spiro atoms. The Kier molecular flexibility index (Phi) is 3.57. The molecule has 2 aliphatic rings. The van der Waals surface area contributed by atoms with Crippen LogP contribution in [0.5, 0.6) is 0 Å². The molecule has 0 N–H and O–H groups in total. The van der Waals surface area contributed by atoms with Crippen LogP contribution in [0.2, 0.25) is 0 Å². The monoisotopic (exact) mass is 250 g/mol. The minimum atomic E-state index is -0.382. The van der Waals surface area contributed by atoms with Crippen molar-refractivity contribution in [1.29, 1.82) is 0 Å². The van der Waals surface area contributed by atoms with Crippen LogP contribution < -0.4 is 0 Å². The van der Waals surface area contributed by atoms with Gasteiger partial charge >= 0.3 is 5.97 Å². The maximum absolute atomic E-state index is 12.3. The van der Waals surface area contributed by atoms with Gasteiger partial charge in [0.1, 0.15) is 5.60 Å². The first-order valence-corrected chi connectivity index (χ1v) is 7.32. The van der Waals surface area contributed by atoms with Crippen molar-refractivity contribution in [2.24, 2.45) is 17.3 Å². The van der Waals surface area contributed by atoms with Crippen molar-refractivity contribution in [3.05, 3.63) is 12.7 Å². The van der Waals surface area contributed by atoms with Crippen molar-refractivity contribution >= 4 is 5.97 Å². The third-order valence-electron chi connectivity index (χ3n) is 5.26. The van der Waals surface area contributed by atoms with E-state index in [2.05, 4.69) is 6.58 Å². The number of hydrogen-bond acceptors (Lipinski definition) is 2. The number of ether oxygens (including phenoxy) is 1. The molecular formula is C16H26O2. The highest BCUT2D eigenvalue weighted by Crippen LogP contribution is 2.52. The molecule has 3 unspecified atom stereocenters. The van der Waals surface area contributed by atoms with Crippen LogP contribution in [0.4, 0.5) is 0 Å². The predicted molar refractivity (Wildman–Crippen MR) is 73.2 cm³/mol. The summed E-state index contributed by atoms with van der Waals surface area (Å²) in [5.41, 5.74) is -0.753. The summed E-state index contributed by atoms with van der Waals surface area (Å²) in [7, 11) is 0. The number of rotatable bonds is 4. The summed E-state index contributed by atoms with van der Waals surface area (Å²) in [6, 6.07) is 0. The predicted octanol–water partition coefficient (Wildman–Crippen LogP) is 4.10. The van der Waals surface area contributed by atoms with Gasteiger partial charge in [-0.05, 0) is 51.5 Å². The molecule has 3 atom stereocenters. The van der Waals surface area contributed by atoms with Gasteiger partial charge in [-0.2, -0.15) is 0 Å². The van der Waals surface area contributed by atoms with Gasteiger partial charge in [0.15, 0.2) is 0 Å². The third-order valence-corrected chi connectivity index (χ3v) is 5.26. The van der Waals surface area contributed by atoms with E-state index in [-0.39, 0.29) is 17.0 Å². The lowest BCUT2D eigenvalue weighted by molar-refractivity contribution is -0.169. The van der Waals surface area contributed by atoms with Crippen LogP contribution in [-0.4, -0.2) is 11.6 Å². The number of fused-ring (bicyclic) bond motifs is 1. The molecule has 2 rings (SSSR count). The maximum atomic E-state index is 12.3. The van der Waals surface area contributed by atoms with Gasteiger partial charge < -0.3 is 4.74 Å². The quantitative estimate of drug-likeness (QED) is 0.554. The Morgan fingerprint density at radius 2 is 2.17 bits per heavy atom. The fourth-order valence-corrected chi connectivity index (χ4v) is 3.50. The van der Waals surface area contributed by atoms with Crippen LogP contribution in [0, 0.1) is 17.3 Å². The Balaban J connectivity index is 2.14. The second kappa shape index (κ2) is 4.71. The zero-order chi connectivity index (χ0) is 13.4. The van der Waals surface area contributed by atoms with Gasteiger partial charge in [-0.15, -0.1) is 0 Å². The molecule has 0 aliphatic heterocycles. The number of carbonyl (C=O) groups excluding carboxylic acids is 1. The van der Waals surface area contributed by atoms with Gasteiger partial charge in [-0.25, -0.2) is 0 Å². The molecule has 0 saturated heterocycles. The zero-order valence-corrected chi connectivity index (χ0v) is 12.0. The first-order valence-electron chi connectivity index (χ1n) is 7.32. The van der Waals surface area contributed by atoms with E-state index in [1.54, 1.807) is 0 Å². The number of esters is 1. The smallest absolute Gasteiger partial charge is 0.312 e. The van der Waals surface area contributed by atoms with Crippen molar-refractivity contribution in [1.82, 2.24) is 0 Å². The van der Waals surface area contributed by atoms with Crippen LogP contribution >= 0.6 is 0 Å². The topological polar surface area (TPSA) is 26.3 Å². The summed E-state index contributed by atoms with van der Waals surface area (Å²) in [6.07, 6.45) is 8.65. The summed E-state index contributed by atoms with van der Waals surface area (Å²) >= 11 is 0. The van der Waals surface area contributed by atoms with E-state index in [1.165, 1.54) is 25.7 Å². The molecule has 0 aromatic carbocycles. The Morgan fingerprint density at radius 3 is 2.78 bits per heavy atom. The van der Waals surface area contributed by atoms with Gasteiger partial charge in [0.05, 0.1) is 5.41 Å². The molecule has 0 amide bonds. The van der Waals surface area contributed by atoms with E-state index in [0.29, 0.717) is 5.92 Å². The number of carbonyl (C=O) groups is 1. The largest absolute Gasteiger partial charge is 0.454 e. The second-order valence-electron chi connectivity index (χ2n) is 6.62. The van der Waals surface area contributed by atoms with Crippen molar-refractivity contribution < 1.29 is 9.53 Å². The van der Waals surface area contributed by atoms with Crippen molar-refractivity contribution in [3.63, 3.8) is 0 Å².